The van der Waals surface area contributed by atoms with E-state index in [4.69, 9.17) is 14.4 Å². The summed E-state index contributed by atoms with van der Waals surface area (Å²) in [7, 11) is -2.87. The Morgan fingerprint density at radius 2 is 1.17 bits per heavy atom. The summed E-state index contributed by atoms with van der Waals surface area (Å²) in [6.45, 7) is 0. The van der Waals surface area contributed by atoms with Gasteiger partial charge in [-0.25, -0.2) is 0 Å². The van der Waals surface area contributed by atoms with E-state index in [2.05, 4.69) is 0 Å². The summed E-state index contributed by atoms with van der Waals surface area (Å²) in [6, 6.07) is 0. The van der Waals surface area contributed by atoms with Gasteiger partial charge in [-0.2, -0.15) is 0 Å². The van der Waals surface area contributed by atoms with Gasteiger partial charge in [0, 0.05) is 49.3 Å². The molecule has 46 valence electrons. The molecule has 0 aromatic rings. The van der Waals surface area contributed by atoms with Crippen molar-refractivity contribution in [3.05, 3.63) is 0 Å². The summed E-state index contributed by atoms with van der Waals surface area (Å²) in [4.78, 5) is 14.2. The van der Waals surface area contributed by atoms with Crippen molar-refractivity contribution in [2.75, 3.05) is 0 Å². The van der Waals surface area contributed by atoms with Crippen LogP contribution in [0.5, 0.6) is 0 Å². The van der Waals surface area contributed by atoms with E-state index in [-0.39, 0.29) is 44.8 Å². The van der Waals surface area contributed by atoms with E-state index in [1.54, 1.807) is 0 Å². The summed E-state index contributed by atoms with van der Waals surface area (Å²) in [6.07, 6.45) is 0. The molecule has 0 rings (SSSR count). The zero-order chi connectivity index (χ0) is 3.58. The summed E-state index contributed by atoms with van der Waals surface area (Å²) >= 11 is 0. The minimum Gasteiger partial charge on any atom is -0.134 e. The molecule has 0 amide bonds. The molecule has 2 N–H and O–H groups in total. The largest absolute Gasteiger partial charge is 0.692 e. The maximum atomic E-state index is 8.70. The molecule has 3 nitrogen and oxygen atoms in total. The van der Waals surface area contributed by atoms with Crippen LogP contribution in [-0.2, 0) is 49.3 Å². The second-order valence-electron chi connectivity index (χ2n) is 0.253. The topological polar surface area (TPSA) is 57.5 Å². The van der Waals surface area contributed by atoms with Gasteiger partial charge in [0.2, 0.25) is 0 Å². The van der Waals surface area contributed by atoms with Crippen LogP contribution in [0.2, 0.25) is 0 Å². The van der Waals surface area contributed by atoms with E-state index in [9.17, 15) is 0 Å². The van der Waals surface area contributed by atoms with Crippen LogP contribution in [-0.4, -0.2) is 9.79 Å². The molecule has 0 unspecified atom stereocenters. The quantitative estimate of drug-likeness (QED) is 0.372. The monoisotopic (exact) mass is 475 g/mol. The van der Waals surface area contributed by atoms with Gasteiger partial charge in [0.1, 0.15) is 0 Å². The van der Waals surface area contributed by atoms with Crippen LogP contribution >= 0.6 is 8.25 Å². The van der Waals surface area contributed by atoms with Gasteiger partial charge in [-0.05, 0) is 0 Å². The summed E-state index contributed by atoms with van der Waals surface area (Å²) in [5.74, 6) is 0. The fourth-order valence-electron chi connectivity index (χ4n) is 0. The smallest absolute Gasteiger partial charge is 0.134 e. The molecule has 0 aliphatic rings. The third kappa shape index (κ3) is 49.5. The van der Waals surface area contributed by atoms with Gasteiger partial charge in [-0.15, -0.1) is 9.79 Å². The molecule has 0 saturated heterocycles. The fraction of sp³-hybridized carbons (Fsp3) is 0. The molecule has 0 fully saturated rings. The summed E-state index contributed by atoms with van der Waals surface area (Å²) < 4.78 is 8.70. The Bertz CT molecular complexity index is 31.8. The Labute approximate surface area is 67.1 Å². The Kier molecular flexibility index (Phi) is 25.3. The fourth-order valence-corrected chi connectivity index (χ4v) is 0. The summed E-state index contributed by atoms with van der Waals surface area (Å²) in [5, 5.41) is 0. The average molecular weight is 475 g/mol. The van der Waals surface area contributed by atoms with E-state index >= 15 is 0 Å². The first-order chi connectivity index (χ1) is 1.73. The zero-order valence-electron chi connectivity index (χ0n) is 2.35. The molecule has 0 saturated carbocycles. The van der Waals surface area contributed by atoms with Crippen LogP contribution in [0, 0.1) is 0 Å². The molecule has 0 aliphatic heterocycles. The predicted molar refractivity (Wildman–Crippen MR) is 12.0 cm³/mol. The van der Waals surface area contributed by atoms with E-state index in [0.29, 0.717) is 0 Å². The maximum absolute atomic E-state index is 8.70. The van der Waals surface area contributed by atoms with Crippen molar-refractivity contribution in [2.45, 2.75) is 0 Å². The Morgan fingerprint density at radius 1 is 1.17 bits per heavy atom. The van der Waals surface area contributed by atoms with Gasteiger partial charge in [-0.3, -0.25) is 0 Å². The molecular weight excluding hydrogens is 473 g/mol. The Balaban J connectivity index is -0.0000000450. The molecule has 6 heavy (non-hydrogen) atoms. The third-order valence-corrected chi connectivity index (χ3v) is 0. The van der Waals surface area contributed by atoms with Crippen LogP contribution in [0.4, 0.5) is 0 Å². The molecule has 0 bridgehead atoms. The van der Waals surface area contributed by atoms with Crippen LogP contribution < -0.4 is 0 Å². The standard InChI is InChI=1S/2Au.HO3P/c;;1-4(2)3/h;;(H-,1,2,3)/p+1. The van der Waals surface area contributed by atoms with Gasteiger partial charge in [0.15, 0.2) is 0 Å². The molecule has 0 aromatic carbocycles. The van der Waals surface area contributed by atoms with Crippen molar-refractivity contribution in [2.24, 2.45) is 0 Å². The minimum atomic E-state index is -2.87. The first kappa shape index (κ1) is 15.6. The van der Waals surface area contributed by atoms with Crippen molar-refractivity contribution < 1.29 is 59.1 Å². The number of hydrogen-bond donors (Lipinski definition) is 2. The SMILES string of the molecule is O=[P+](O)O.[Au].[Au]. The van der Waals surface area contributed by atoms with Crippen molar-refractivity contribution in [1.29, 1.82) is 0 Å². The van der Waals surface area contributed by atoms with Gasteiger partial charge in [-0.1, -0.05) is 0 Å². The first-order valence-corrected chi connectivity index (χ1v) is 1.75. The third-order valence-electron chi connectivity index (χ3n) is 0. The van der Waals surface area contributed by atoms with Gasteiger partial charge < -0.3 is 0 Å². The second-order valence-corrected chi connectivity index (χ2v) is 0.758. The molecule has 0 aliphatic carbocycles. The molecule has 0 aromatic heterocycles. The predicted octanol–water partition coefficient (Wildman–Crippen LogP) is -0.377. The van der Waals surface area contributed by atoms with Gasteiger partial charge in [0.25, 0.3) is 0 Å². The van der Waals surface area contributed by atoms with Crippen molar-refractivity contribution in [3.8, 4) is 0 Å². The van der Waals surface area contributed by atoms with Crippen LogP contribution in [0.3, 0.4) is 0 Å². The Morgan fingerprint density at radius 3 is 1.17 bits per heavy atom. The van der Waals surface area contributed by atoms with Crippen LogP contribution in [0.25, 0.3) is 0 Å². The van der Waals surface area contributed by atoms with Crippen LogP contribution in [0.1, 0.15) is 0 Å². The van der Waals surface area contributed by atoms with Crippen molar-refractivity contribution in [1.82, 2.24) is 0 Å². The Hall–Kier alpha value is 1.50. The summed E-state index contributed by atoms with van der Waals surface area (Å²) in [5.41, 5.74) is 0. The van der Waals surface area contributed by atoms with Crippen molar-refractivity contribution in [3.63, 3.8) is 0 Å². The second kappa shape index (κ2) is 9.71. The average Bonchev–Trinajstić information content (AvgIpc) is 0.811. The number of hydrogen-bond acceptors (Lipinski definition) is 1. The molecule has 0 atom stereocenters. The normalized spacial score (nSPS) is 4.33. The molecular formula is H2Au2O3P+. The first-order valence-electron chi connectivity index (χ1n) is 0.583. The molecule has 0 spiro atoms. The molecule has 0 heterocycles. The number of rotatable bonds is 0. The van der Waals surface area contributed by atoms with E-state index < -0.39 is 8.25 Å². The minimum absolute atomic E-state index is 0. The zero-order valence-corrected chi connectivity index (χ0v) is 7.58. The van der Waals surface area contributed by atoms with Crippen LogP contribution in [0.15, 0.2) is 0 Å². The van der Waals surface area contributed by atoms with Crippen molar-refractivity contribution >= 4 is 8.25 Å². The molecule has 2 radical (unpaired) electrons. The van der Waals surface area contributed by atoms with Gasteiger partial charge >= 0.3 is 8.25 Å². The van der Waals surface area contributed by atoms with E-state index in [1.165, 1.54) is 0 Å². The van der Waals surface area contributed by atoms with E-state index in [0.717, 1.165) is 0 Å². The maximum Gasteiger partial charge on any atom is 0.692 e. The molecule has 6 heteroatoms. The van der Waals surface area contributed by atoms with Gasteiger partial charge in [0.05, 0.1) is 0 Å². The van der Waals surface area contributed by atoms with E-state index in [1.807, 2.05) is 0 Å².